The molecule has 0 saturated carbocycles. The third-order valence-corrected chi connectivity index (χ3v) is 3.33. The molecule has 2 aromatic carbocycles. The van der Waals surface area contributed by atoms with Crippen LogP contribution in [0.3, 0.4) is 0 Å². The van der Waals surface area contributed by atoms with Gasteiger partial charge in [0.15, 0.2) is 11.7 Å². The molecule has 1 heterocycles. The maximum atomic E-state index is 10.2. The van der Waals surface area contributed by atoms with Crippen LogP contribution in [0.4, 0.5) is 0 Å². The first kappa shape index (κ1) is 14.2. The van der Waals surface area contributed by atoms with Crippen molar-refractivity contribution >= 4 is 11.7 Å². The molecule has 3 rings (SSSR count). The van der Waals surface area contributed by atoms with Crippen LogP contribution in [0.25, 0.3) is 0 Å². The van der Waals surface area contributed by atoms with Gasteiger partial charge in [-0.15, -0.1) is 0 Å². The highest BCUT2D eigenvalue weighted by atomic mass is 16.3. The fourth-order valence-corrected chi connectivity index (χ4v) is 2.12. The number of nitrogens with one attached hydrogen (secondary N) is 2. The van der Waals surface area contributed by atoms with E-state index < -0.39 is 12.2 Å². The lowest BCUT2D eigenvalue weighted by molar-refractivity contribution is 0.234. The fourth-order valence-electron chi connectivity index (χ4n) is 2.12. The summed E-state index contributed by atoms with van der Waals surface area (Å²) in [6.07, 6.45) is -1.82. The summed E-state index contributed by atoms with van der Waals surface area (Å²) in [4.78, 5) is 0. The van der Waals surface area contributed by atoms with Crippen LogP contribution in [0, 0.1) is 0 Å². The topological polar surface area (TPSA) is 89.2 Å². The molecule has 112 valence electrons. The molecule has 0 spiro atoms. The number of nitrogens with zero attached hydrogens (tertiary/aromatic N) is 2. The number of aliphatic hydroxyl groups excluding tert-OH is 2. The van der Waals surface area contributed by atoms with Gasteiger partial charge in [0, 0.05) is 0 Å². The van der Waals surface area contributed by atoms with Crippen molar-refractivity contribution in [3.63, 3.8) is 0 Å². The Morgan fingerprint density at radius 2 is 1.00 bits per heavy atom. The van der Waals surface area contributed by atoms with Gasteiger partial charge in [-0.25, -0.2) is 0 Å². The number of hydrogen-bond donors (Lipinski definition) is 4. The molecule has 0 radical (unpaired) electrons. The summed E-state index contributed by atoms with van der Waals surface area (Å²) in [6, 6.07) is 18.3. The van der Waals surface area contributed by atoms with Gasteiger partial charge < -0.3 is 10.2 Å². The van der Waals surface area contributed by atoms with E-state index >= 15 is 0 Å². The number of hydrogen-bond acceptors (Lipinski definition) is 6. The molecule has 1 aliphatic rings. The first-order valence-electron chi connectivity index (χ1n) is 6.89. The second-order valence-electron chi connectivity index (χ2n) is 4.84. The SMILES string of the molecule is O[C@@H](C1=NNC([C@H](O)c2ccccc2)=NN1)c1ccccc1. The van der Waals surface area contributed by atoms with Crippen LogP contribution in [-0.4, -0.2) is 21.9 Å². The van der Waals surface area contributed by atoms with Crippen molar-refractivity contribution in [3.8, 4) is 0 Å². The zero-order valence-electron chi connectivity index (χ0n) is 11.7. The van der Waals surface area contributed by atoms with Crippen molar-refractivity contribution in [2.45, 2.75) is 12.2 Å². The first-order valence-corrected chi connectivity index (χ1v) is 6.89. The van der Waals surface area contributed by atoms with Crippen molar-refractivity contribution in [2.24, 2.45) is 10.2 Å². The highest BCUT2D eigenvalue weighted by molar-refractivity contribution is 5.95. The highest BCUT2D eigenvalue weighted by Crippen LogP contribution is 2.16. The Morgan fingerprint density at radius 3 is 1.32 bits per heavy atom. The lowest BCUT2D eigenvalue weighted by atomic mass is 10.1. The highest BCUT2D eigenvalue weighted by Gasteiger charge is 2.22. The molecule has 22 heavy (non-hydrogen) atoms. The average Bonchev–Trinajstić information content (AvgIpc) is 2.62. The van der Waals surface area contributed by atoms with E-state index in [0.29, 0.717) is 11.1 Å². The molecule has 0 fully saturated rings. The first-order chi connectivity index (χ1) is 10.8. The van der Waals surface area contributed by atoms with E-state index in [9.17, 15) is 10.2 Å². The summed E-state index contributed by atoms with van der Waals surface area (Å²) in [6.45, 7) is 0. The number of benzene rings is 2. The van der Waals surface area contributed by atoms with E-state index in [2.05, 4.69) is 21.1 Å². The Morgan fingerprint density at radius 1 is 0.636 bits per heavy atom. The van der Waals surface area contributed by atoms with Gasteiger partial charge in [-0.1, -0.05) is 60.7 Å². The number of aliphatic hydroxyl groups is 2. The van der Waals surface area contributed by atoms with Gasteiger partial charge in [0.05, 0.1) is 0 Å². The van der Waals surface area contributed by atoms with E-state index in [1.807, 2.05) is 36.4 Å². The lowest BCUT2D eigenvalue weighted by Gasteiger charge is -2.21. The fraction of sp³-hybridized carbons (Fsp3) is 0.125. The number of hydrazone groups is 2. The molecule has 0 aliphatic carbocycles. The second kappa shape index (κ2) is 6.38. The minimum atomic E-state index is -0.909. The Hall–Kier alpha value is -2.70. The number of amidine groups is 2. The van der Waals surface area contributed by atoms with Crippen molar-refractivity contribution in [1.82, 2.24) is 10.9 Å². The number of rotatable bonds is 4. The van der Waals surface area contributed by atoms with Gasteiger partial charge in [0.25, 0.3) is 0 Å². The van der Waals surface area contributed by atoms with Gasteiger partial charge in [-0.05, 0) is 11.1 Å². The van der Waals surface area contributed by atoms with Crippen molar-refractivity contribution < 1.29 is 10.2 Å². The molecule has 6 heteroatoms. The zero-order valence-corrected chi connectivity index (χ0v) is 11.7. The second-order valence-corrected chi connectivity index (χ2v) is 4.84. The summed E-state index contributed by atoms with van der Waals surface area (Å²) < 4.78 is 0. The van der Waals surface area contributed by atoms with Crippen LogP contribution in [-0.2, 0) is 0 Å². The van der Waals surface area contributed by atoms with Gasteiger partial charge in [0.2, 0.25) is 0 Å². The Labute approximate surface area is 127 Å². The Bertz CT molecular complexity index is 624. The van der Waals surface area contributed by atoms with Crippen molar-refractivity contribution in [3.05, 3.63) is 71.8 Å². The van der Waals surface area contributed by atoms with E-state index in [1.165, 1.54) is 0 Å². The molecule has 0 unspecified atom stereocenters. The predicted octanol–water partition coefficient (Wildman–Crippen LogP) is 1.27. The lowest BCUT2D eigenvalue weighted by Crippen LogP contribution is -2.39. The van der Waals surface area contributed by atoms with Crippen molar-refractivity contribution in [2.75, 3.05) is 0 Å². The average molecular weight is 296 g/mol. The van der Waals surface area contributed by atoms with Gasteiger partial charge in [-0.2, -0.15) is 10.2 Å². The summed E-state index contributed by atoms with van der Waals surface area (Å²) in [5, 5.41) is 28.5. The molecule has 2 atom stereocenters. The van der Waals surface area contributed by atoms with Crippen LogP contribution in [0.5, 0.6) is 0 Å². The molecule has 4 N–H and O–H groups in total. The van der Waals surface area contributed by atoms with Gasteiger partial charge in [0.1, 0.15) is 12.2 Å². The monoisotopic (exact) mass is 296 g/mol. The summed E-state index contributed by atoms with van der Waals surface area (Å²) in [5.41, 5.74) is 6.78. The van der Waals surface area contributed by atoms with E-state index in [1.54, 1.807) is 24.3 Å². The molecule has 0 saturated heterocycles. The molecule has 6 nitrogen and oxygen atoms in total. The van der Waals surface area contributed by atoms with Crippen LogP contribution in [0.15, 0.2) is 70.9 Å². The molecular weight excluding hydrogens is 280 g/mol. The summed E-state index contributed by atoms with van der Waals surface area (Å²) in [7, 11) is 0. The molecule has 0 bridgehead atoms. The van der Waals surface area contributed by atoms with Gasteiger partial charge in [-0.3, -0.25) is 10.9 Å². The summed E-state index contributed by atoms with van der Waals surface area (Å²) in [5.74, 6) is 0.547. The molecule has 0 aromatic heterocycles. The third kappa shape index (κ3) is 2.98. The molecular formula is C16H16N4O2. The van der Waals surface area contributed by atoms with Gasteiger partial charge >= 0.3 is 0 Å². The van der Waals surface area contributed by atoms with Crippen LogP contribution in [0.1, 0.15) is 23.3 Å². The van der Waals surface area contributed by atoms with Crippen LogP contribution < -0.4 is 10.9 Å². The largest absolute Gasteiger partial charge is 0.380 e. The van der Waals surface area contributed by atoms with Crippen LogP contribution >= 0.6 is 0 Å². The van der Waals surface area contributed by atoms with E-state index in [4.69, 9.17) is 0 Å². The maximum Gasteiger partial charge on any atom is 0.176 e. The quantitative estimate of drug-likeness (QED) is 0.684. The summed E-state index contributed by atoms with van der Waals surface area (Å²) >= 11 is 0. The Balaban J connectivity index is 1.69. The molecule has 1 aliphatic heterocycles. The standard InChI is InChI=1S/C16H16N4O2/c21-13(11-7-3-1-4-8-11)15-17-19-16(20-18-15)14(22)12-9-5-2-6-10-12/h1-10,13-14,21-22H,(H,17,18)(H,19,20)/t13-,14-/m1/s1. The third-order valence-electron chi connectivity index (χ3n) is 3.33. The Kier molecular flexibility index (Phi) is 4.13. The normalized spacial score (nSPS) is 16.6. The molecule has 0 amide bonds. The predicted molar refractivity (Wildman–Crippen MR) is 83.9 cm³/mol. The van der Waals surface area contributed by atoms with Crippen LogP contribution in [0.2, 0.25) is 0 Å². The smallest absolute Gasteiger partial charge is 0.176 e. The van der Waals surface area contributed by atoms with E-state index in [-0.39, 0.29) is 11.7 Å². The minimum absolute atomic E-state index is 0.273. The zero-order chi connectivity index (χ0) is 15.4. The maximum absolute atomic E-state index is 10.2. The molecule has 2 aromatic rings. The van der Waals surface area contributed by atoms with E-state index in [0.717, 1.165) is 0 Å². The minimum Gasteiger partial charge on any atom is -0.380 e. The van der Waals surface area contributed by atoms with Crippen molar-refractivity contribution in [1.29, 1.82) is 0 Å².